The lowest BCUT2D eigenvalue weighted by molar-refractivity contribution is 0.00134. The van der Waals surface area contributed by atoms with Gasteiger partial charge in [-0.05, 0) is 40.0 Å². The SMILES string of the molecule is CC(C)OCC(O)CNC1(C)CCC1. The van der Waals surface area contributed by atoms with E-state index in [1.165, 1.54) is 19.3 Å². The zero-order valence-corrected chi connectivity index (χ0v) is 9.55. The van der Waals surface area contributed by atoms with Crippen LogP contribution in [0.5, 0.6) is 0 Å². The first-order valence-corrected chi connectivity index (χ1v) is 5.56. The maximum Gasteiger partial charge on any atom is 0.0898 e. The van der Waals surface area contributed by atoms with E-state index in [1.807, 2.05) is 13.8 Å². The van der Waals surface area contributed by atoms with Gasteiger partial charge in [0.2, 0.25) is 0 Å². The number of ether oxygens (including phenoxy) is 1. The van der Waals surface area contributed by atoms with Crippen LogP contribution in [-0.4, -0.2) is 36.0 Å². The highest BCUT2D eigenvalue weighted by atomic mass is 16.5. The molecule has 3 nitrogen and oxygen atoms in total. The van der Waals surface area contributed by atoms with Crippen molar-refractivity contribution in [3.8, 4) is 0 Å². The Bertz CT molecular complexity index is 167. The van der Waals surface area contributed by atoms with Crippen molar-refractivity contribution in [1.29, 1.82) is 0 Å². The molecule has 0 aromatic carbocycles. The summed E-state index contributed by atoms with van der Waals surface area (Å²) in [6.45, 7) is 7.25. The van der Waals surface area contributed by atoms with Gasteiger partial charge < -0.3 is 15.2 Å². The summed E-state index contributed by atoms with van der Waals surface area (Å²) in [5.74, 6) is 0. The lowest BCUT2D eigenvalue weighted by atomic mass is 9.78. The van der Waals surface area contributed by atoms with E-state index in [9.17, 15) is 5.11 Å². The van der Waals surface area contributed by atoms with Gasteiger partial charge in [0.25, 0.3) is 0 Å². The summed E-state index contributed by atoms with van der Waals surface area (Å²) in [6, 6.07) is 0. The predicted molar refractivity (Wildman–Crippen MR) is 57.4 cm³/mol. The predicted octanol–water partition coefficient (Wildman–Crippen LogP) is 1.30. The van der Waals surface area contributed by atoms with Crippen LogP contribution in [0.25, 0.3) is 0 Å². The van der Waals surface area contributed by atoms with Gasteiger partial charge >= 0.3 is 0 Å². The van der Waals surface area contributed by atoms with E-state index in [4.69, 9.17) is 4.74 Å². The molecule has 1 atom stereocenters. The molecule has 14 heavy (non-hydrogen) atoms. The number of aliphatic hydroxyl groups excluding tert-OH is 1. The van der Waals surface area contributed by atoms with Gasteiger partial charge in [0.05, 0.1) is 18.8 Å². The Morgan fingerprint density at radius 3 is 2.50 bits per heavy atom. The first kappa shape index (κ1) is 12.0. The second-order valence-corrected chi connectivity index (χ2v) is 4.83. The average molecular weight is 201 g/mol. The van der Waals surface area contributed by atoms with Crippen LogP contribution >= 0.6 is 0 Å². The molecule has 1 unspecified atom stereocenters. The summed E-state index contributed by atoms with van der Waals surface area (Å²) in [7, 11) is 0. The molecule has 1 aliphatic carbocycles. The molecule has 0 aliphatic heterocycles. The second kappa shape index (κ2) is 5.10. The van der Waals surface area contributed by atoms with Crippen molar-refractivity contribution < 1.29 is 9.84 Å². The van der Waals surface area contributed by atoms with E-state index in [2.05, 4.69) is 12.2 Å². The maximum absolute atomic E-state index is 9.59. The van der Waals surface area contributed by atoms with Gasteiger partial charge in [0.15, 0.2) is 0 Å². The molecule has 0 saturated heterocycles. The van der Waals surface area contributed by atoms with E-state index in [1.54, 1.807) is 0 Å². The van der Waals surface area contributed by atoms with Crippen molar-refractivity contribution in [3.63, 3.8) is 0 Å². The molecule has 0 amide bonds. The highest BCUT2D eigenvalue weighted by Crippen LogP contribution is 2.30. The van der Waals surface area contributed by atoms with Crippen molar-refractivity contribution >= 4 is 0 Å². The van der Waals surface area contributed by atoms with Crippen LogP contribution in [0.2, 0.25) is 0 Å². The van der Waals surface area contributed by atoms with E-state index in [-0.39, 0.29) is 17.7 Å². The minimum atomic E-state index is -0.380. The maximum atomic E-state index is 9.59. The van der Waals surface area contributed by atoms with Gasteiger partial charge in [0.1, 0.15) is 0 Å². The fraction of sp³-hybridized carbons (Fsp3) is 1.00. The standard InChI is InChI=1S/C11H23NO2/c1-9(2)14-8-10(13)7-12-11(3)5-4-6-11/h9-10,12-13H,4-8H2,1-3H3. The monoisotopic (exact) mass is 201 g/mol. The zero-order chi connectivity index (χ0) is 10.6. The van der Waals surface area contributed by atoms with Crippen molar-refractivity contribution in [2.24, 2.45) is 0 Å². The first-order chi connectivity index (χ1) is 6.52. The summed E-state index contributed by atoms with van der Waals surface area (Å²) in [5.41, 5.74) is 0.277. The van der Waals surface area contributed by atoms with Gasteiger partial charge in [-0.15, -0.1) is 0 Å². The minimum Gasteiger partial charge on any atom is -0.389 e. The van der Waals surface area contributed by atoms with Crippen molar-refractivity contribution in [2.75, 3.05) is 13.2 Å². The number of hydrogen-bond acceptors (Lipinski definition) is 3. The average Bonchev–Trinajstić information content (AvgIpc) is 2.08. The Hall–Kier alpha value is -0.120. The van der Waals surface area contributed by atoms with Gasteiger partial charge in [-0.1, -0.05) is 0 Å². The lowest BCUT2D eigenvalue weighted by Crippen LogP contribution is -2.51. The number of nitrogens with one attached hydrogen (secondary N) is 1. The van der Waals surface area contributed by atoms with Gasteiger partial charge in [0, 0.05) is 12.1 Å². The molecule has 0 aromatic rings. The van der Waals surface area contributed by atoms with Crippen LogP contribution in [-0.2, 0) is 4.74 Å². The van der Waals surface area contributed by atoms with Crippen LogP contribution in [0.3, 0.4) is 0 Å². The smallest absolute Gasteiger partial charge is 0.0898 e. The number of aliphatic hydroxyl groups is 1. The lowest BCUT2D eigenvalue weighted by Gasteiger charge is -2.40. The molecule has 3 heteroatoms. The zero-order valence-electron chi connectivity index (χ0n) is 9.55. The Kier molecular flexibility index (Phi) is 4.35. The quantitative estimate of drug-likeness (QED) is 0.680. The van der Waals surface area contributed by atoms with Crippen LogP contribution in [0.15, 0.2) is 0 Å². The summed E-state index contributed by atoms with van der Waals surface area (Å²) < 4.78 is 5.33. The van der Waals surface area contributed by atoms with E-state index < -0.39 is 0 Å². The summed E-state index contributed by atoms with van der Waals surface area (Å²) in [6.07, 6.45) is 3.58. The molecule has 0 spiro atoms. The van der Waals surface area contributed by atoms with Gasteiger partial charge in [-0.2, -0.15) is 0 Å². The van der Waals surface area contributed by atoms with E-state index in [0.717, 1.165) is 0 Å². The third-order valence-electron chi connectivity index (χ3n) is 2.84. The van der Waals surface area contributed by atoms with E-state index in [0.29, 0.717) is 13.2 Å². The fourth-order valence-corrected chi connectivity index (χ4v) is 1.61. The Labute approximate surface area is 86.8 Å². The van der Waals surface area contributed by atoms with Crippen LogP contribution in [0.1, 0.15) is 40.0 Å². The minimum absolute atomic E-state index is 0.198. The molecule has 2 N–H and O–H groups in total. The molecular weight excluding hydrogens is 178 g/mol. The van der Waals surface area contributed by atoms with Crippen molar-refractivity contribution in [2.45, 2.75) is 57.8 Å². The molecule has 1 rings (SSSR count). The number of β-amino-alcohol motifs (C(OH)–C–C–N with tert-alkyl or cyclic N) is 1. The Balaban J connectivity index is 2.05. The van der Waals surface area contributed by atoms with E-state index >= 15 is 0 Å². The molecule has 84 valence electrons. The summed E-state index contributed by atoms with van der Waals surface area (Å²) in [5, 5.41) is 13.0. The molecule has 0 bridgehead atoms. The molecule has 0 radical (unpaired) electrons. The summed E-state index contributed by atoms with van der Waals surface area (Å²) in [4.78, 5) is 0. The van der Waals surface area contributed by atoms with Crippen molar-refractivity contribution in [1.82, 2.24) is 5.32 Å². The molecular formula is C11H23NO2. The molecule has 0 heterocycles. The second-order valence-electron chi connectivity index (χ2n) is 4.83. The third kappa shape index (κ3) is 3.95. The van der Waals surface area contributed by atoms with Crippen LogP contribution in [0.4, 0.5) is 0 Å². The topological polar surface area (TPSA) is 41.5 Å². The normalized spacial score (nSPS) is 22.1. The Morgan fingerprint density at radius 1 is 1.43 bits per heavy atom. The highest BCUT2D eigenvalue weighted by Gasteiger charge is 2.31. The molecule has 0 aromatic heterocycles. The molecule has 1 saturated carbocycles. The first-order valence-electron chi connectivity index (χ1n) is 5.56. The summed E-state index contributed by atoms with van der Waals surface area (Å²) >= 11 is 0. The highest BCUT2D eigenvalue weighted by molar-refractivity contribution is 4.91. The van der Waals surface area contributed by atoms with Gasteiger partial charge in [-0.25, -0.2) is 0 Å². The van der Waals surface area contributed by atoms with Crippen LogP contribution in [0, 0.1) is 0 Å². The Morgan fingerprint density at radius 2 is 2.07 bits per heavy atom. The molecule has 1 aliphatic rings. The largest absolute Gasteiger partial charge is 0.389 e. The van der Waals surface area contributed by atoms with Gasteiger partial charge in [-0.3, -0.25) is 0 Å². The fourth-order valence-electron chi connectivity index (χ4n) is 1.61. The van der Waals surface area contributed by atoms with Crippen LogP contribution < -0.4 is 5.32 Å². The number of rotatable bonds is 6. The third-order valence-corrected chi connectivity index (χ3v) is 2.84. The molecule has 1 fully saturated rings. The van der Waals surface area contributed by atoms with Crippen molar-refractivity contribution in [3.05, 3.63) is 0 Å². The number of hydrogen-bond donors (Lipinski definition) is 2.